The number of amides is 1. The summed E-state index contributed by atoms with van der Waals surface area (Å²) >= 11 is 5.79. The first-order valence-electron chi connectivity index (χ1n) is 9.25. The Morgan fingerprint density at radius 3 is 2.75 bits per heavy atom. The fourth-order valence-electron chi connectivity index (χ4n) is 3.49. The van der Waals surface area contributed by atoms with E-state index in [4.69, 9.17) is 16.1 Å². The van der Waals surface area contributed by atoms with Gasteiger partial charge in [0.15, 0.2) is 10.7 Å². The summed E-state index contributed by atoms with van der Waals surface area (Å²) in [6, 6.07) is 4.20. The normalized spacial score (nSPS) is 23.5. The number of hydrogen-bond acceptors (Lipinski definition) is 6. The van der Waals surface area contributed by atoms with Crippen molar-refractivity contribution in [2.75, 3.05) is 6.54 Å². The van der Waals surface area contributed by atoms with Crippen LogP contribution >= 0.6 is 11.6 Å². The van der Waals surface area contributed by atoms with E-state index >= 15 is 0 Å². The molecule has 2 aromatic heterocycles. The third-order valence-electron chi connectivity index (χ3n) is 5.16. The second kappa shape index (κ2) is 7.46. The van der Waals surface area contributed by atoms with E-state index in [1.165, 1.54) is 22.6 Å². The average molecular weight is 425 g/mol. The number of carbonyl (C=O) groups is 1. The van der Waals surface area contributed by atoms with E-state index in [0.29, 0.717) is 30.3 Å². The van der Waals surface area contributed by atoms with Crippen molar-refractivity contribution in [3.63, 3.8) is 0 Å². The van der Waals surface area contributed by atoms with Gasteiger partial charge in [-0.15, -0.1) is 0 Å². The van der Waals surface area contributed by atoms with Crippen LogP contribution in [0.15, 0.2) is 33.9 Å². The highest BCUT2D eigenvalue weighted by atomic mass is 35.5. The molecular formula is C18H21ClN4O4S. The molecule has 0 unspecified atom stereocenters. The summed E-state index contributed by atoms with van der Waals surface area (Å²) < 4.78 is 32.3. The summed E-state index contributed by atoms with van der Waals surface area (Å²) in [5.41, 5.74) is 0.273. The number of nitrogens with zero attached hydrogens (tertiary/aromatic N) is 3. The molecule has 2 aliphatic rings. The quantitative estimate of drug-likeness (QED) is 0.790. The highest BCUT2D eigenvalue weighted by Crippen LogP contribution is 2.40. The van der Waals surface area contributed by atoms with Gasteiger partial charge in [-0.2, -0.15) is 4.31 Å². The number of aromatic nitrogens is 2. The lowest BCUT2D eigenvalue weighted by Gasteiger charge is -2.36. The molecule has 0 aromatic carbocycles. The summed E-state index contributed by atoms with van der Waals surface area (Å²) in [5, 5.41) is 7.15. The van der Waals surface area contributed by atoms with E-state index in [1.54, 1.807) is 6.07 Å². The van der Waals surface area contributed by atoms with Gasteiger partial charge in [0, 0.05) is 36.8 Å². The van der Waals surface area contributed by atoms with E-state index in [-0.39, 0.29) is 28.7 Å². The van der Waals surface area contributed by atoms with Crippen molar-refractivity contribution in [1.82, 2.24) is 19.8 Å². The molecule has 1 N–H and O–H groups in total. The molecular weight excluding hydrogens is 404 g/mol. The summed E-state index contributed by atoms with van der Waals surface area (Å²) in [6.07, 6.45) is 4.48. The lowest BCUT2D eigenvalue weighted by Crippen LogP contribution is -2.50. The molecule has 0 radical (unpaired) electrons. The van der Waals surface area contributed by atoms with Crippen molar-refractivity contribution < 1.29 is 17.7 Å². The Bertz CT molecular complexity index is 972. The zero-order valence-corrected chi connectivity index (χ0v) is 16.9. The van der Waals surface area contributed by atoms with Crippen molar-refractivity contribution in [1.29, 1.82) is 0 Å². The van der Waals surface area contributed by atoms with Gasteiger partial charge in [0.05, 0.1) is 5.02 Å². The van der Waals surface area contributed by atoms with Gasteiger partial charge in [-0.3, -0.25) is 4.79 Å². The molecule has 2 fully saturated rings. The van der Waals surface area contributed by atoms with Gasteiger partial charge in [-0.1, -0.05) is 16.8 Å². The monoisotopic (exact) mass is 424 g/mol. The van der Waals surface area contributed by atoms with Crippen molar-refractivity contribution >= 4 is 27.5 Å². The van der Waals surface area contributed by atoms with Crippen LogP contribution in [0.1, 0.15) is 54.8 Å². The molecule has 0 spiro atoms. The lowest BCUT2D eigenvalue weighted by molar-refractivity contribution is 0.0905. The molecule has 0 bridgehead atoms. The van der Waals surface area contributed by atoms with E-state index < -0.39 is 10.0 Å². The van der Waals surface area contributed by atoms with E-state index in [2.05, 4.69) is 15.5 Å². The number of hydrogen-bond donors (Lipinski definition) is 1. The van der Waals surface area contributed by atoms with Gasteiger partial charge in [0.1, 0.15) is 5.76 Å². The summed E-state index contributed by atoms with van der Waals surface area (Å²) in [5.74, 6) is 0.863. The van der Waals surface area contributed by atoms with Gasteiger partial charge in [0.25, 0.3) is 15.9 Å². The van der Waals surface area contributed by atoms with Gasteiger partial charge in [-0.25, -0.2) is 13.4 Å². The highest BCUT2D eigenvalue weighted by molar-refractivity contribution is 7.89. The third kappa shape index (κ3) is 3.92. The first-order chi connectivity index (χ1) is 13.3. The van der Waals surface area contributed by atoms with Crippen LogP contribution in [-0.2, 0) is 10.0 Å². The fourth-order valence-corrected chi connectivity index (χ4v) is 5.17. The maximum Gasteiger partial charge on any atom is 0.273 e. The SMILES string of the molecule is C[C@H]1C[C@@H](NC(=O)c2cc(C3CC3)on2)CCN1S(=O)(=O)c1ccc(Cl)cn1. The molecule has 1 amide bonds. The van der Waals surface area contributed by atoms with Crippen LogP contribution in [0.3, 0.4) is 0 Å². The molecule has 150 valence electrons. The van der Waals surface area contributed by atoms with E-state index in [0.717, 1.165) is 18.6 Å². The second-order valence-electron chi connectivity index (χ2n) is 7.36. The fraction of sp³-hybridized carbons (Fsp3) is 0.500. The molecule has 8 nitrogen and oxygen atoms in total. The Morgan fingerprint density at radius 1 is 1.32 bits per heavy atom. The predicted molar refractivity (Wildman–Crippen MR) is 102 cm³/mol. The van der Waals surface area contributed by atoms with Gasteiger partial charge in [-0.05, 0) is 44.7 Å². The zero-order valence-electron chi connectivity index (χ0n) is 15.3. The summed E-state index contributed by atoms with van der Waals surface area (Å²) in [7, 11) is -3.71. The van der Waals surface area contributed by atoms with Gasteiger partial charge >= 0.3 is 0 Å². The molecule has 10 heteroatoms. The lowest BCUT2D eigenvalue weighted by atomic mass is 10.0. The maximum absolute atomic E-state index is 12.8. The number of rotatable bonds is 5. The molecule has 28 heavy (non-hydrogen) atoms. The third-order valence-corrected chi connectivity index (χ3v) is 7.32. The Labute approximate surface area is 168 Å². The standard InChI is InChI=1S/C18H21ClN4O4S/c1-11-8-14(21-18(24)15-9-16(27-22-15)12-2-3-12)6-7-23(11)28(25,26)17-5-4-13(19)10-20-17/h4-5,9-12,14H,2-3,6-8H2,1H3,(H,21,24)/t11-,14-/m0/s1. The van der Waals surface area contributed by atoms with Crippen molar-refractivity contribution in [2.45, 2.75) is 55.6 Å². The second-order valence-corrected chi connectivity index (χ2v) is 9.64. The molecule has 3 heterocycles. The predicted octanol–water partition coefficient (Wildman–Crippen LogP) is 2.57. The molecule has 2 atom stereocenters. The number of nitrogens with one attached hydrogen (secondary N) is 1. The van der Waals surface area contributed by atoms with Crippen molar-refractivity contribution in [3.8, 4) is 0 Å². The van der Waals surface area contributed by atoms with Crippen molar-refractivity contribution in [3.05, 3.63) is 40.9 Å². The number of piperidine rings is 1. The van der Waals surface area contributed by atoms with Crippen LogP contribution in [-0.4, -0.2) is 47.4 Å². The minimum absolute atomic E-state index is 0.0264. The summed E-state index contributed by atoms with van der Waals surface area (Å²) in [6.45, 7) is 2.12. The summed E-state index contributed by atoms with van der Waals surface area (Å²) in [4.78, 5) is 16.4. The number of pyridine rings is 1. The maximum atomic E-state index is 12.8. The average Bonchev–Trinajstić information content (AvgIpc) is 3.38. The van der Waals surface area contributed by atoms with Crippen LogP contribution in [0, 0.1) is 0 Å². The van der Waals surface area contributed by atoms with Gasteiger partial charge < -0.3 is 9.84 Å². The first kappa shape index (κ1) is 19.4. The van der Waals surface area contributed by atoms with Crippen LogP contribution < -0.4 is 5.32 Å². The zero-order chi connectivity index (χ0) is 19.9. The Morgan fingerprint density at radius 2 is 2.11 bits per heavy atom. The minimum Gasteiger partial charge on any atom is -0.360 e. The molecule has 2 aromatic rings. The molecule has 1 aliphatic carbocycles. The van der Waals surface area contributed by atoms with Gasteiger partial charge in [0.2, 0.25) is 0 Å². The minimum atomic E-state index is -3.71. The van der Waals surface area contributed by atoms with Crippen molar-refractivity contribution in [2.24, 2.45) is 0 Å². The number of sulfonamides is 1. The van der Waals surface area contributed by atoms with Crippen LogP contribution in [0.2, 0.25) is 5.02 Å². The van der Waals surface area contributed by atoms with Crippen LogP contribution in [0.5, 0.6) is 0 Å². The van der Waals surface area contributed by atoms with Crippen LogP contribution in [0.25, 0.3) is 0 Å². The number of carbonyl (C=O) groups excluding carboxylic acids is 1. The van der Waals surface area contributed by atoms with Crippen LogP contribution in [0.4, 0.5) is 0 Å². The Kier molecular flexibility index (Phi) is 5.15. The van der Waals surface area contributed by atoms with E-state index in [9.17, 15) is 13.2 Å². The first-order valence-corrected chi connectivity index (χ1v) is 11.1. The van der Waals surface area contributed by atoms with E-state index in [1.807, 2.05) is 6.92 Å². The largest absolute Gasteiger partial charge is 0.360 e. The Balaban J connectivity index is 1.39. The number of halogens is 1. The molecule has 1 saturated heterocycles. The molecule has 1 aliphatic heterocycles. The Hall–Kier alpha value is -1.97. The topological polar surface area (TPSA) is 105 Å². The smallest absolute Gasteiger partial charge is 0.273 e. The molecule has 1 saturated carbocycles. The molecule has 4 rings (SSSR count). The highest BCUT2D eigenvalue weighted by Gasteiger charge is 2.36.